The summed E-state index contributed by atoms with van der Waals surface area (Å²) in [5.74, 6) is 0.676. The molecular formula is C14H20N2O4S. The van der Waals surface area contributed by atoms with Crippen LogP contribution in [0.15, 0.2) is 23.1 Å². The number of nitrogens with zero attached hydrogens (tertiary/aromatic N) is 1. The molecule has 0 amide bonds. The van der Waals surface area contributed by atoms with Gasteiger partial charge in [-0.2, -0.15) is 0 Å². The van der Waals surface area contributed by atoms with E-state index in [1.54, 1.807) is 6.07 Å². The molecule has 0 atom stereocenters. The molecule has 0 aliphatic heterocycles. The third kappa shape index (κ3) is 3.93. The largest absolute Gasteiger partial charge is 0.379 e. The van der Waals surface area contributed by atoms with E-state index in [4.69, 9.17) is 0 Å². The van der Waals surface area contributed by atoms with E-state index in [9.17, 15) is 18.5 Å². The van der Waals surface area contributed by atoms with Crippen LogP contribution in [0.3, 0.4) is 0 Å². The Kier molecular flexibility index (Phi) is 4.82. The Balaban J connectivity index is 2.16. The van der Waals surface area contributed by atoms with Crippen molar-refractivity contribution in [1.82, 2.24) is 0 Å². The molecule has 1 aliphatic rings. The number of nitro benzene ring substituents is 1. The van der Waals surface area contributed by atoms with Gasteiger partial charge in [-0.05, 0) is 24.5 Å². The summed E-state index contributed by atoms with van der Waals surface area (Å²) in [7, 11) is -3.62. The van der Waals surface area contributed by atoms with Crippen LogP contribution < -0.4 is 5.32 Å². The molecule has 0 spiro atoms. The van der Waals surface area contributed by atoms with Crippen LogP contribution in [0.4, 0.5) is 11.4 Å². The van der Waals surface area contributed by atoms with Crippen LogP contribution in [0.1, 0.15) is 32.1 Å². The SMILES string of the molecule is CS(=O)(=O)c1cccc(NCCC2CCCC2)c1[N+](=O)[O-]. The first-order valence-corrected chi connectivity index (χ1v) is 9.00. The molecule has 1 N–H and O–H groups in total. The van der Waals surface area contributed by atoms with Gasteiger partial charge in [-0.25, -0.2) is 8.42 Å². The van der Waals surface area contributed by atoms with Gasteiger partial charge in [0.2, 0.25) is 0 Å². The summed E-state index contributed by atoms with van der Waals surface area (Å²) in [4.78, 5) is 10.3. The molecule has 1 fully saturated rings. The van der Waals surface area contributed by atoms with Crippen molar-refractivity contribution in [2.24, 2.45) is 5.92 Å². The van der Waals surface area contributed by atoms with Gasteiger partial charge in [-0.1, -0.05) is 31.7 Å². The Bertz CT molecular complexity index is 622. The Labute approximate surface area is 124 Å². The number of nitro groups is 1. The third-order valence-electron chi connectivity index (χ3n) is 3.92. The van der Waals surface area contributed by atoms with E-state index in [1.165, 1.54) is 37.8 Å². The summed E-state index contributed by atoms with van der Waals surface area (Å²) >= 11 is 0. The molecule has 0 saturated heterocycles. The topological polar surface area (TPSA) is 89.3 Å². The molecule has 2 rings (SSSR count). The van der Waals surface area contributed by atoms with Gasteiger partial charge in [0.25, 0.3) is 0 Å². The van der Waals surface area contributed by atoms with Crippen molar-refractivity contribution in [2.75, 3.05) is 18.1 Å². The molecule has 116 valence electrons. The number of rotatable bonds is 6. The lowest BCUT2D eigenvalue weighted by atomic mass is 10.0. The number of benzene rings is 1. The Hall–Kier alpha value is -1.63. The average molecular weight is 312 g/mol. The number of anilines is 1. The predicted octanol–water partition coefficient (Wildman–Crippen LogP) is 2.99. The normalized spacial score (nSPS) is 16.0. The molecule has 0 unspecified atom stereocenters. The monoisotopic (exact) mass is 312 g/mol. The maximum Gasteiger partial charge on any atom is 0.310 e. The van der Waals surface area contributed by atoms with Gasteiger partial charge in [0.05, 0.1) is 4.92 Å². The van der Waals surface area contributed by atoms with Gasteiger partial charge in [0, 0.05) is 12.8 Å². The summed E-state index contributed by atoms with van der Waals surface area (Å²) in [6.45, 7) is 0.624. The number of sulfone groups is 1. The molecule has 0 heterocycles. The number of nitrogens with one attached hydrogen (secondary N) is 1. The molecule has 1 aromatic rings. The fraction of sp³-hybridized carbons (Fsp3) is 0.571. The minimum Gasteiger partial charge on any atom is -0.379 e. The quantitative estimate of drug-likeness (QED) is 0.644. The molecule has 0 bridgehead atoms. The minimum atomic E-state index is -3.62. The van der Waals surface area contributed by atoms with Gasteiger partial charge >= 0.3 is 5.69 Å². The van der Waals surface area contributed by atoms with Crippen LogP contribution in [-0.2, 0) is 9.84 Å². The molecule has 1 aliphatic carbocycles. The van der Waals surface area contributed by atoms with Crippen LogP contribution in [0, 0.1) is 16.0 Å². The van der Waals surface area contributed by atoms with E-state index in [0.717, 1.165) is 12.7 Å². The summed E-state index contributed by atoms with van der Waals surface area (Å²) < 4.78 is 23.3. The first kappa shape index (κ1) is 15.8. The van der Waals surface area contributed by atoms with Crippen LogP contribution in [-0.4, -0.2) is 26.1 Å². The van der Waals surface area contributed by atoms with Crippen molar-refractivity contribution >= 4 is 21.2 Å². The van der Waals surface area contributed by atoms with Gasteiger partial charge < -0.3 is 5.32 Å². The van der Waals surface area contributed by atoms with E-state index < -0.39 is 14.8 Å². The van der Waals surface area contributed by atoms with E-state index in [0.29, 0.717) is 12.5 Å². The number of para-hydroxylation sites is 1. The van der Waals surface area contributed by atoms with Crippen molar-refractivity contribution in [3.63, 3.8) is 0 Å². The van der Waals surface area contributed by atoms with Crippen molar-refractivity contribution in [2.45, 2.75) is 37.0 Å². The molecule has 1 aromatic carbocycles. The standard InChI is InChI=1S/C14H20N2O4S/c1-21(19,20)13-8-4-7-12(14(13)16(17)18)15-10-9-11-5-2-3-6-11/h4,7-8,11,15H,2-3,5-6,9-10H2,1H3. The lowest BCUT2D eigenvalue weighted by Gasteiger charge is -2.12. The predicted molar refractivity (Wildman–Crippen MR) is 81.3 cm³/mol. The molecule has 6 nitrogen and oxygen atoms in total. The molecule has 21 heavy (non-hydrogen) atoms. The van der Waals surface area contributed by atoms with Crippen molar-refractivity contribution in [3.05, 3.63) is 28.3 Å². The highest BCUT2D eigenvalue weighted by Crippen LogP contribution is 2.32. The fourth-order valence-electron chi connectivity index (χ4n) is 2.86. The van der Waals surface area contributed by atoms with Crippen LogP contribution in [0.2, 0.25) is 0 Å². The van der Waals surface area contributed by atoms with Gasteiger partial charge in [-0.15, -0.1) is 0 Å². The summed E-state index contributed by atoms with van der Waals surface area (Å²) in [6, 6.07) is 4.36. The maximum absolute atomic E-state index is 11.7. The summed E-state index contributed by atoms with van der Waals surface area (Å²) in [5.41, 5.74) is -0.0765. The van der Waals surface area contributed by atoms with Gasteiger partial charge in [0.1, 0.15) is 10.6 Å². The maximum atomic E-state index is 11.7. The lowest BCUT2D eigenvalue weighted by molar-refractivity contribution is -0.386. The lowest BCUT2D eigenvalue weighted by Crippen LogP contribution is -2.10. The number of hydrogen-bond acceptors (Lipinski definition) is 5. The Morgan fingerprint density at radius 1 is 1.33 bits per heavy atom. The first-order valence-electron chi connectivity index (χ1n) is 7.11. The van der Waals surface area contributed by atoms with E-state index in [2.05, 4.69) is 5.32 Å². The van der Waals surface area contributed by atoms with E-state index in [1.807, 2.05) is 0 Å². The third-order valence-corrected chi connectivity index (χ3v) is 5.05. The molecule has 7 heteroatoms. The highest BCUT2D eigenvalue weighted by Gasteiger charge is 2.26. The summed E-state index contributed by atoms with van der Waals surface area (Å²) in [6.07, 6.45) is 6.89. The second-order valence-corrected chi connectivity index (χ2v) is 7.53. The minimum absolute atomic E-state index is 0.238. The zero-order chi connectivity index (χ0) is 15.5. The Morgan fingerprint density at radius 3 is 2.57 bits per heavy atom. The molecule has 0 aromatic heterocycles. The molecule has 0 radical (unpaired) electrons. The second-order valence-electron chi connectivity index (χ2n) is 5.55. The molecular weight excluding hydrogens is 292 g/mol. The van der Waals surface area contributed by atoms with E-state index >= 15 is 0 Å². The second kappa shape index (κ2) is 6.43. The summed E-state index contributed by atoms with van der Waals surface area (Å²) in [5, 5.41) is 14.2. The number of hydrogen-bond donors (Lipinski definition) is 1. The van der Waals surface area contributed by atoms with Crippen LogP contribution >= 0.6 is 0 Å². The molecule has 1 saturated carbocycles. The van der Waals surface area contributed by atoms with Crippen LogP contribution in [0.5, 0.6) is 0 Å². The van der Waals surface area contributed by atoms with Crippen molar-refractivity contribution in [1.29, 1.82) is 0 Å². The zero-order valence-electron chi connectivity index (χ0n) is 12.0. The van der Waals surface area contributed by atoms with Crippen molar-refractivity contribution < 1.29 is 13.3 Å². The highest BCUT2D eigenvalue weighted by atomic mass is 32.2. The van der Waals surface area contributed by atoms with Crippen molar-refractivity contribution in [3.8, 4) is 0 Å². The first-order chi connectivity index (χ1) is 9.89. The highest BCUT2D eigenvalue weighted by molar-refractivity contribution is 7.90. The fourth-order valence-corrected chi connectivity index (χ4v) is 3.72. The zero-order valence-corrected chi connectivity index (χ0v) is 12.9. The van der Waals surface area contributed by atoms with Gasteiger partial charge in [-0.3, -0.25) is 10.1 Å². The van der Waals surface area contributed by atoms with E-state index in [-0.39, 0.29) is 16.3 Å². The van der Waals surface area contributed by atoms with Gasteiger partial charge in [0.15, 0.2) is 9.84 Å². The smallest absolute Gasteiger partial charge is 0.310 e. The average Bonchev–Trinajstić information content (AvgIpc) is 2.90. The Morgan fingerprint density at radius 2 is 2.00 bits per heavy atom. The van der Waals surface area contributed by atoms with Crippen LogP contribution in [0.25, 0.3) is 0 Å².